The molecule has 0 atom stereocenters. The maximum absolute atomic E-state index is 11.5. The zero-order chi connectivity index (χ0) is 20.7. The van der Waals surface area contributed by atoms with Crippen molar-refractivity contribution in [1.29, 1.82) is 0 Å². The second kappa shape index (κ2) is 9.57. The van der Waals surface area contributed by atoms with Gasteiger partial charge in [0.25, 0.3) is 0 Å². The maximum Gasteiger partial charge on any atom is 0.238 e. The van der Waals surface area contributed by atoms with E-state index in [0.717, 1.165) is 22.4 Å². The molecule has 0 amide bonds. The van der Waals surface area contributed by atoms with Crippen molar-refractivity contribution < 1.29 is 13.2 Å². The lowest BCUT2D eigenvalue weighted by Gasteiger charge is -2.17. The molecular weight excluding hydrogens is 376 g/mol. The third-order valence-electron chi connectivity index (χ3n) is 3.94. The first kappa shape index (κ1) is 21.7. The number of guanidine groups is 1. The largest absolute Gasteiger partial charge is 0.491 e. The van der Waals surface area contributed by atoms with E-state index in [2.05, 4.69) is 15.6 Å². The number of nitrogens with one attached hydrogen (secondary N) is 2. The Hall–Kier alpha value is -2.58. The lowest BCUT2D eigenvalue weighted by Crippen LogP contribution is -2.36. The lowest BCUT2D eigenvalue weighted by molar-refractivity contribution is 0.239. The van der Waals surface area contributed by atoms with Crippen molar-refractivity contribution in [3.05, 3.63) is 59.2 Å². The van der Waals surface area contributed by atoms with Crippen LogP contribution in [0.5, 0.6) is 5.75 Å². The number of sulfonamides is 1. The number of rotatable bonds is 7. The van der Waals surface area contributed by atoms with Crippen LogP contribution in [0.1, 0.15) is 30.5 Å². The minimum Gasteiger partial charge on any atom is -0.491 e. The molecule has 2 aromatic rings. The van der Waals surface area contributed by atoms with Crippen LogP contribution in [-0.2, 0) is 23.1 Å². The van der Waals surface area contributed by atoms with Gasteiger partial charge in [0.2, 0.25) is 10.0 Å². The molecule has 8 heteroatoms. The van der Waals surface area contributed by atoms with Crippen LogP contribution >= 0.6 is 0 Å². The summed E-state index contributed by atoms with van der Waals surface area (Å²) < 4.78 is 28.9. The molecule has 0 heterocycles. The summed E-state index contributed by atoms with van der Waals surface area (Å²) in [4.78, 5) is 4.30. The van der Waals surface area contributed by atoms with Gasteiger partial charge in [-0.1, -0.05) is 24.3 Å². The molecule has 0 aliphatic heterocycles. The van der Waals surface area contributed by atoms with Gasteiger partial charge < -0.3 is 15.4 Å². The monoisotopic (exact) mass is 404 g/mol. The number of aryl methyl sites for hydroxylation is 1. The molecule has 0 aromatic heterocycles. The number of hydrogen-bond donors (Lipinski definition) is 3. The molecule has 0 saturated heterocycles. The van der Waals surface area contributed by atoms with E-state index < -0.39 is 10.0 Å². The molecule has 2 aromatic carbocycles. The SMILES string of the molecule is CN=C(NCc1cccc(S(N)(=O)=O)c1)NCc1ccc(C)cc1OC(C)C. The Morgan fingerprint density at radius 1 is 1.14 bits per heavy atom. The van der Waals surface area contributed by atoms with Crippen LogP contribution < -0.4 is 20.5 Å². The van der Waals surface area contributed by atoms with Gasteiger partial charge in [-0.2, -0.15) is 0 Å². The van der Waals surface area contributed by atoms with Crippen molar-refractivity contribution in [2.75, 3.05) is 7.05 Å². The fourth-order valence-corrected chi connectivity index (χ4v) is 3.17. The molecule has 152 valence electrons. The summed E-state index contributed by atoms with van der Waals surface area (Å²) in [5.41, 5.74) is 2.95. The highest BCUT2D eigenvalue weighted by atomic mass is 32.2. The topological polar surface area (TPSA) is 106 Å². The maximum atomic E-state index is 11.5. The van der Waals surface area contributed by atoms with Crippen molar-refractivity contribution in [3.8, 4) is 5.75 Å². The van der Waals surface area contributed by atoms with Crippen LogP contribution in [0.15, 0.2) is 52.4 Å². The molecule has 0 fully saturated rings. The Morgan fingerprint density at radius 3 is 2.50 bits per heavy atom. The van der Waals surface area contributed by atoms with E-state index in [4.69, 9.17) is 9.88 Å². The summed E-state index contributed by atoms with van der Waals surface area (Å²) in [6.45, 7) is 6.97. The highest BCUT2D eigenvalue weighted by molar-refractivity contribution is 7.89. The average molecular weight is 405 g/mol. The molecule has 0 spiro atoms. The molecule has 0 unspecified atom stereocenters. The van der Waals surface area contributed by atoms with Crippen molar-refractivity contribution in [2.24, 2.45) is 10.1 Å². The fourth-order valence-electron chi connectivity index (χ4n) is 2.59. The smallest absolute Gasteiger partial charge is 0.238 e. The van der Waals surface area contributed by atoms with Gasteiger partial charge in [0.1, 0.15) is 5.75 Å². The molecule has 0 bridgehead atoms. The summed E-state index contributed by atoms with van der Waals surface area (Å²) in [6, 6.07) is 12.6. The lowest BCUT2D eigenvalue weighted by atomic mass is 10.1. The molecule has 0 radical (unpaired) electrons. The number of ether oxygens (including phenoxy) is 1. The Balaban J connectivity index is 2.01. The molecule has 7 nitrogen and oxygen atoms in total. The number of nitrogens with zero attached hydrogens (tertiary/aromatic N) is 1. The fraction of sp³-hybridized carbons (Fsp3) is 0.350. The van der Waals surface area contributed by atoms with E-state index in [0.29, 0.717) is 19.0 Å². The first-order valence-electron chi connectivity index (χ1n) is 9.01. The van der Waals surface area contributed by atoms with Gasteiger partial charge >= 0.3 is 0 Å². The minimum absolute atomic E-state index is 0.0871. The van der Waals surface area contributed by atoms with E-state index in [1.807, 2.05) is 45.0 Å². The van der Waals surface area contributed by atoms with E-state index in [-0.39, 0.29) is 11.0 Å². The van der Waals surface area contributed by atoms with E-state index in [9.17, 15) is 8.42 Å². The third-order valence-corrected chi connectivity index (χ3v) is 4.85. The van der Waals surface area contributed by atoms with Crippen molar-refractivity contribution in [3.63, 3.8) is 0 Å². The van der Waals surface area contributed by atoms with Gasteiger partial charge in [-0.15, -0.1) is 0 Å². The molecule has 28 heavy (non-hydrogen) atoms. The van der Waals surface area contributed by atoms with Crippen molar-refractivity contribution >= 4 is 16.0 Å². The second-order valence-electron chi connectivity index (χ2n) is 6.75. The number of hydrogen-bond acceptors (Lipinski definition) is 4. The predicted octanol–water partition coefficient (Wildman–Crippen LogP) is 2.29. The van der Waals surface area contributed by atoms with Gasteiger partial charge in [0, 0.05) is 25.7 Å². The summed E-state index contributed by atoms with van der Waals surface area (Å²) in [5, 5.41) is 11.6. The van der Waals surface area contributed by atoms with E-state index >= 15 is 0 Å². The number of benzene rings is 2. The molecule has 0 saturated carbocycles. The molecule has 0 aliphatic rings. The van der Waals surface area contributed by atoms with Crippen LogP contribution in [0.25, 0.3) is 0 Å². The zero-order valence-electron chi connectivity index (χ0n) is 16.7. The number of primary sulfonamides is 1. The average Bonchev–Trinajstić information content (AvgIpc) is 2.62. The summed E-state index contributed by atoms with van der Waals surface area (Å²) in [5.74, 6) is 1.44. The Kier molecular flexibility index (Phi) is 7.42. The second-order valence-corrected chi connectivity index (χ2v) is 8.31. The van der Waals surface area contributed by atoms with Crippen LogP contribution in [-0.4, -0.2) is 27.5 Å². The Bertz CT molecular complexity index is 940. The summed E-state index contributed by atoms with van der Waals surface area (Å²) in [7, 11) is -2.04. The summed E-state index contributed by atoms with van der Waals surface area (Å²) in [6.07, 6.45) is 0.0871. The first-order valence-corrected chi connectivity index (χ1v) is 10.6. The highest BCUT2D eigenvalue weighted by Crippen LogP contribution is 2.21. The van der Waals surface area contributed by atoms with Crippen LogP contribution in [0.2, 0.25) is 0 Å². The quantitative estimate of drug-likeness (QED) is 0.485. The first-order chi connectivity index (χ1) is 13.2. The van der Waals surface area contributed by atoms with Gasteiger partial charge in [-0.25, -0.2) is 13.6 Å². The van der Waals surface area contributed by atoms with E-state index in [1.54, 1.807) is 19.2 Å². The van der Waals surface area contributed by atoms with E-state index in [1.165, 1.54) is 6.07 Å². The summed E-state index contributed by atoms with van der Waals surface area (Å²) >= 11 is 0. The van der Waals surface area contributed by atoms with Crippen LogP contribution in [0.3, 0.4) is 0 Å². The Morgan fingerprint density at radius 2 is 1.86 bits per heavy atom. The number of nitrogens with two attached hydrogens (primary N) is 1. The normalized spacial score (nSPS) is 12.1. The number of aliphatic imine (C=N–C) groups is 1. The van der Waals surface area contributed by atoms with Crippen LogP contribution in [0.4, 0.5) is 0 Å². The van der Waals surface area contributed by atoms with Crippen molar-refractivity contribution in [1.82, 2.24) is 10.6 Å². The minimum atomic E-state index is -3.72. The highest BCUT2D eigenvalue weighted by Gasteiger charge is 2.09. The molecule has 0 aliphatic carbocycles. The van der Waals surface area contributed by atoms with Crippen LogP contribution in [0, 0.1) is 6.92 Å². The van der Waals surface area contributed by atoms with Gasteiger partial charge in [-0.05, 0) is 50.1 Å². The predicted molar refractivity (Wildman–Crippen MR) is 112 cm³/mol. The van der Waals surface area contributed by atoms with Gasteiger partial charge in [0.15, 0.2) is 5.96 Å². The molecular formula is C20H28N4O3S. The standard InChI is InChI=1S/C20H28N4O3S/c1-14(2)27-19-10-15(3)8-9-17(19)13-24-20(22-4)23-12-16-6-5-7-18(11-16)28(21,25)26/h5-11,14H,12-13H2,1-4H3,(H2,21,25,26)(H2,22,23,24). The Labute approximate surface area is 167 Å². The molecule has 2 rings (SSSR count). The zero-order valence-corrected chi connectivity index (χ0v) is 17.5. The molecule has 4 N–H and O–H groups in total. The third kappa shape index (κ3) is 6.54. The van der Waals surface area contributed by atoms with Gasteiger partial charge in [-0.3, -0.25) is 4.99 Å². The van der Waals surface area contributed by atoms with Gasteiger partial charge in [0.05, 0.1) is 11.0 Å². The van der Waals surface area contributed by atoms with Crippen molar-refractivity contribution in [2.45, 2.75) is 44.9 Å².